The van der Waals surface area contributed by atoms with Gasteiger partial charge < -0.3 is 15.1 Å². The van der Waals surface area contributed by atoms with Gasteiger partial charge in [0.25, 0.3) is 0 Å². The van der Waals surface area contributed by atoms with Gasteiger partial charge in [0.05, 0.1) is 10.5 Å². The molecule has 2 fully saturated rings. The van der Waals surface area contributed by atoms with E-state index in [2.05, 4.69) is 34.2 Å². The SMILES string of the molecule is CN=C(NCC(C1CC1)N(C)C)N1CCS(=O)(=O)C(C)(C)C1.I. The second-order valence-electron chi connectivity index (χ2n) is 7.30. The van der Waals surface area contributed by atoms with E-state index in [1.165, 1.54) is 12.8 Å². The standard InChI is InChI=1S/C15H30N4O2S.HI/c1-15(2)11-19(8-9-22(15,20)21)14(16-3)17-10-13(18(4)5)12-6-7-12;/h12-13H,6-11H2,1-5H3,(H,16,17);1H. The van der Waals surface area contributed by atoms with Crippen molar-refractivity contribution in [2.75, 3.05) is 46.5 Å². The summed E-state index contributed by atoms with van der Waals surface area (Å²) in [5.74, 6) is 1.79. The van der Waals surface area contributed by atoms with Gasteiger partial charge in [0.15, 0.2) is 15.8 Å². The molecule has 0 radical (unpaired) electrons. The largest absolute Gasteiger partial charge is 0.355 e. The zero-order chi connectivity index (χ0) is 16.5. The Morgan fingerprint density at radius 1 is 1.39 bits per heavy atom. The van der Waals surface area contributed by atoms with Crippen molar-refractivity contribution < 1.29 is 8.42 Å². The molecule has 1 atom stereocenters. The molecule has 136 valence electrons. The minimum atomic E-state index is -3.02. The van der Waals surface area contributed by atoms with Crippen LogP contribution in [0.1, 0.15) is 26.7 Å². The highest BCUT2D eigenvalue weighted by molar-refractivity contribution is 14.0. The van der Waals surface area contributed by atoms with E-state index in [1.54, 1.807) is 20.9 Å². The van der Waals surface area contributed by atoms with Crippen molar-refractivity contribution in [3.8, 4) is 0 Å². The average molecular weight is 458 g/mol. The van der Waals surface area contributed by atoms with E-state index >= 15 is 0 Å². The van der Waals surface area contributed by atoms with Gasteiger partial charge in [-0.3, -0.25) is 4.99 Å². The molecule has 2 aliphatic rings. The smallest absolute Gasteiger partial charge is 0.193 e. The van der Waals surface area contributed by atoms with E-state index in [1.807, 2.05) is 0 Å². The van der Waals surface area contributed by atoms with Crippen molar-refractivity contribution >= 4 is 39.8 Å². The number of guanidine groups is 1. The van der Waals surface area contributed by atoms with Gasteiger partial charge in [-0.1, -0.05) is 0 Å². The van der Waals surface area contributed by atoms with E-state index in [9.17, 15) is 8.42 Å². The first-order valence-corrected chi connectivity index (χ1v) is 9.67. The van der Waals surface area contributed by atoms with Crippen LogP contribution < -0.4 is 5.32 Å². The number of halogens is 1. The zero-order valence-electron chi connectivity index (χ0n) is 14.9. The number of likely N-dealkylation sites (N-methyl/N-ethyl adjacent to an activating group) is 1. The summed E-state index contributed by atoms with van der Waals surface area (Å²) in [6.07, 6.45) is 2.61. The molecular formula is C15H31IN4O2S. The summed E-state index contributed by atoms with van der Waals surface area (Å²) in [6, 6.07) is 0.512. The van der Waals surface area contributed by atoms with E-state index < -0.39 is 14.6 Å². The van der Waals surface area contributed by atoms with Gasteiger partial charge >= 0.3 is 0 Å². The Morgan fingerprint density at radius 2 is 2.00 bits per heavy atom. The molecule has 8 heteroatoms. The van der Waals surface area contributed by atoms with Crippen LogP contribution in [0.4, 0.5) is 0 Å². The number of nitrogens with zero attached hydrogens (tertiary/aromatic N) is 3. The number of nitrogens with one attached hydrogen (secondary N) is 1. The summed E-state index contributed by atoms with van der Waals surface area (Å²) in [5, 5.41) is 3.45. The first-order chi connectivity index (χ1) is 10.2. The van der Waals surface area contributed by atoms with Crippen molar-refractivity contribution in [3.05, 3.63) is 0 Å². The maximum atomic E-state index is 12.1. The highest BCUT2D eigenvalue weighted by atomic mass is 127. The van der Waals surface area contributed by atoms with Crippen molar-refractivity contribution in [2.45, 2.75) is 37.5 Å². The van der Waals surface area contributed by atoms with Gasteiger partial charge in [-0.15, -0.1) is 24.0 Å². The van der Waals surface area contributed by atoms with Crippen LogP contribution in [0.3, 0.4) is 0 Å². The fraction of sp³-hybridized carbons (Fsp3) is 0.933. The van der Waals surface area contributed by atoms with Gasteiger partial charge in [0, 0.05) is 32.7 Å². The lowest BCUT2D eigenvalue weighted by Gasteiger charge is -2.39. The van der Waals surface area contributed by atoms with Crippen LogP contribution in [0.25, 0.3) is 0 Å². The lowest BCUT2D eigenvalue weighted by Crippen LogP contribution is -2.58. The van der Waals surface area contributed by atoms with Crippen LogP contribution >= 0.6 is 24.0 Å². The predicted molar refractivity (Wildman–Crippen MR) is 106 cm³/mol. The van der Waals surface area contributed by atoms with Crippen molar-refractivity contribution in [2.24, 2.45) is 10.9 Å². The molecule has 23 heavy (non-hydrogen) atoms. The van der Waals surface area contributed by atoms with Gasteiger partial charge in [0.1, 0.15) is 0 Å². The van der Waals surface area contributed by atoms with Gasteiger partial charge in [-0.25, -0.2) is 8.42 Å². The molecule has 2 rings (SSSR count). The molecule has 1 saturated heterocycles. The lowest BCUT2D eigenvalue weighted by atomic mass is 10.1. The molecule has 1 N–H and O–H groups in total. The molecule has 0 spiro atoms. The molecule has 0 aromatic rings. The monoisotopic (exact) mass is 458 g/mol. The van der Waals surface area contributed by atoms with Crippen LogP contribution in [-0.4, -0.2) is 81.5 Å². The Morgan fingerprint density at radius 3 is 2.43 bits per heavy atom. The van der Waals surface area contributed by atoms with Crippen molar-refractivity contribution in [1.29, 1.82) is 0 Å². The second kappa shape index (κ2) is 7.86. The number of aliphatic imine (C=N–C) groups is 1. The minimum absolute atomic E-state index is 0. The van der Waals surface area contributed by atoms with E-state index in [0.717, 1.165) is 18.4 Å². The van der Waals surface area contributed by atoms with E-state index in [0.29, 0.717) is 19.1 Å². The topological polar surface area (TPSA) is 65.0 Å². The third kappa shape index (κ3) is 4.94. The summed E-state index contributed by atoms with van der Waals surface area (Å²) < 4.78 is 23.5. The summed E-state index contributed by atoms with van der Waals surface area (Å²) in [5.41, 5.74) is 0. The van der Waals surface area contributed by atoms with Crippen LogP contribution in [0.5, 0.6) is 0 Å². The van der Waals surface area contributed by atoms with Gasteiger partial charge in [-0.2, -0.15) is 0 Å². The third-order valence-corrected chi connectivity index (χ3v) is 7.39. The molecule has 1 aliphatic carbocycles. The molecule has 6 nitrogen and oxygen atoms in total. The number of rotatable bonds is 4. The quantitative estimate of drug-likeness (QED) is 0.388. The fourth-order valence-electron chi connectivity index (χ4n) is 3.10. The van der Waals surface area contributed by atoms with Crippen molar-refractivity contribution in [3.63, 3.8) is 0 Å². The Bertz CT molecular complexity index is 528. The third-order valence-electron chi connectivity index (χ3n) is 4.85. The normalized spacial score (nSPS) is 25.0. The summed E-state index contributed by atoms with van der Waals surface area (Å²) in [6.45, 7) is 5.46. The maximum Gasteiger partial charge on any atom is 0.193 e. The maximum absolute atomic E-state index is 12.1. The Kier molecular flexibility index (Phi) is 7.16. The zero-order valence-corrected chi connectivity index (χ0v) is 18.0. The summed E-state index contributed by atoms with van der Waals surface area (Å²) in [4.78, 5) is 8.69. The molecule has 1 heterocycles. The average Bonchev–Trinajstić information content (AvgIpc) is 3.22. The molecule has 0 amide bonds. The molecule has 1 aliphatic heterocycles. The van der Waals surface area contributed by atoms with E-state index in [4.69, 9.17) is 0 Å². The Hall–Kier alpha value is -0.0900. The summed E-state index contributed by atoms with van der Waals surface area (Å²) in [7, 11) is 2.98. The van der Waals surface area contributed by atoms with E-state index in [-0.39, 0.29) is 29.7 Å². The molecule has 0 bridgehead atoms. The number of hydrogen-bond donors (Lipinski definition) is 1. The minimum Gasteiger partial charge on any atom is -0.355 e. The highest BCUT2D eigenvalue weighted by Gasteiger charge is 2.41. The summed E-state index contributed by atoms with van der Waals surface area (Å²) >= 11 is 0. The molecule has 0 aromatic carbocycles. The van der Waals surface area contributed by atoms with Crippen LogP contribution in [0.15, 0.2) is 4.99 Å². The van der Waals surface area contributed by atoms with Crippen LogP contribution in [-0.2, 0) is 9.84 Å². The lowest BCUT2D eigenvalue weighted by molar-refractivity contribution is 0.260. The van der Waals surface area contributed by atoms with Crippen LogP contribution in [0, 0.1) is 5.92 Å². The first kappa shape index (κ1) is 21.0. The first-order valence-electron chi connectivity index (χ1n) is 8.02. The molecule has 0 aromatic heterocycles. The Labute approximate surface area is 158 Å². The molecule has 1 saturated carbocycles. The fourth-order valence-corrected chi connectivity index (χ4v) is 4.47. The second-order valence-corrected chi connectivity index (χ2v) is 10.0. The number of sulfone groups is 1. The predicted octanol–water partition coefficient (Wildman–Crippen LogP) is 1.03. The number of hydrogen-bond acceptors (Lipinski definition) is 4. The van der Waals surface area contributed by atoms with Crippen LogP contribution in [0.2, 0.25) is 0 Å². The van der Waals surface area contributed by atoms with Gasteiger partial charge in [0.2, 0.25) is 0 Å². The highest BCUT2D eigenvalue weighted by Crippen LogP contribution is 2.34. The van der Waals surface area contributed by atoms with Crippen molar-refractivity contribution in [1.82, 2.24) is 15.1 Å². The molecular weight excluding hydrogens is 427 g/mol. The van der Waals surface area contributed by atoms with Gasteiger partial charge in [-0.05, 0) is 46.7 Å². The molecule has 1 unspecified atom stereocenters. The Balaban J connectivity index is 0.00000264.